The molecule has 0 radical (unpaired) electrons. The number of methoxy groups -OCH3 is 1. The van der Waals surface area contributed by atoms with Gasteiger partial charge in [-0.15, -0.1) is 0 Å². The highest BCUT2D eigenvalue weighted by atomic mass is 16.5. The Hall–Kier alpha value is -2.24. The summed E-state index contributed by atoms with van der Waals surface area (Å²) in [7, 11) is 1.67. The second kappa shape index (κ2) is 8.23. The minimum Gasteiger partial charge on any atom is -0.495 e. The van der Waals surface area contributed by atoms with Crippen LogP contribution in [0.25, 0.3) is 0 Å². The molecular formula is C19H27N3O3. The van der Waals surface area contributed by atoms with Gasteiger partial charge in [0, 0.05) is 39.3 Å². The minimum absolute atomic E-state index is 0.00859. The molecule has 0 N–H and O–H groups in total. The molecule has 0 aliphatic carbocycles. The van der Waals surface area contributed by atoms with Gasteiger partial charge in [0.15, 0.2) is 0 Å². The lowest BCUT2D eigenvalue weighted by Gasteiger charge is -2.37. The molecule has 1 aromatic carbocycles. The molecule has 2 aliphatic heterocycles. The highest BCUT2D eigenvalue weighted by Gasteiger charge is 2.26. The van der Waals surface area contributed by atoms with E-state index in [0.717, 1.165) is 50.5 Å². The largest absolute Gasteiger partial charge is 0.495 e. The Morgan fingerprint density at radius 2 is 1.48 bits per heavy atom. The molecule has 2 aliphatic rings. The van der Waals surface area contributed by atoms with Crippen molar-refractivity contribution in [2.45, 2.75) is 25.7 Å². The molecule has 0 unspecified atom stereocenters. The Kier molecular flexibility index (Phi) is 5.79. The van der Waals surface area contributed by atoms with Crippen LogP contribution in [0.5, 0.6) is 5.75 Å². The van der Waals surface area contributed by atoms with Crippen molar-refractivity contribution in [3.63, 3.8) is 0 Å². The highest BCUT2D eigenvalue weighted by molar-refractivity contribution is 5.97. The molecule has 0 spiro atoms. The van der Waals surface area contributed by atoms with E-state index in [4.69, 9.17) is 4.74 Å². The molecule has 0 atom stereocenters. The number of nitrogens with zero attached hydrogens (tertiary/aromatic N) is 3. The summed E-state index contributed by atoms with van der Waals surface area (Å²) in [6, 6.07) is 7.93. The molecule has 136 valence electrons. The summed E-state index contributed by atoms with van der Waals surface area (Å²) in [5.74, 6) is 0.787. The van der Waals surface area contributed by atoms with Crippen LogP contribution >= 0.6 is 0 Å². The van der Waals surface area contributed by atoms with Crippen molar-refractivity contribution in [2.24, 2.45) is 0 Å². The zero-order valence-corrected chi connectivity index (χ0v) is 14.9. The van der Waals surface area contributed by atoms with Gasteiger partial charge in [-0.3, -0.25) is 9.59 Å². The van der Waals surface area contributed by atoms with Gasteiger partial charge in [-0.05, 0) is 31.4 Å². The highest BCUT2D eigenvalue weighted by Crippen LogP contribution is 2.28. The minimum atomic E-state index is -0.0461. The normalized spacial score (nSPS) is 18.2. The number of hydrogen-bond donors (Lipinski definition) is 0. The molecule has 2 heterocycles. The summed E-state index contributed by atoms with van der Waals surface area (Å²) >= 11 is 0. The number of hydrogen-bond acceptors (Lipinski definition) is 4. The third-order valence-electron chi connectivity index (χ3n) is 5.07. The van der Waals surface area contributed by atoms with Gasteiger partial charge in [0.2, 0.25) is 11.8 Å². The maximum Gasteiger partial charge on any atom is 0.232 e. The molecule has 2 amide bonds. The van der Waals surface area contributed by atoms with Gasteiger partial charge in [-0.1, -0.05) is 12.1 Å². The lowest BCUT2D eigenvalue weighted by molar-refractivity contribution is -0.141. The topological polar surface area (TPSA) is 53.1 Å². The maximum absolute atomic E-state index is 12.5. The van der Waals surface area contributed by atoms with Crippen molar-refractivity contribution in [3.05, 3.63) is 24.3 Å². The molecule has 6 heteroatoms. The number of rotatable bonds is 4. The smallest absolute Gasteiger partial charge is 0.232 e. The van der Waals surface area contributed by atoms with Gasteiger partial charge in [0.25, 0.3) is 0 Å². The van der Waals surface area contributed by atoms with Crippen LogP contribution in [0.2, 0.25) is 0 Å². The number of carbonyl (C=O) groups is 2. The number of anilines is 1. The monoisotopic (exact) mass is 345 g/mol. The fourth-order valence-corrected chi connectivity index (χ4v) is 3.58. The van der Waals surface area contributed by atoms with Gasteiger partial charge in [0.1, 0.15) is 12.2 Å². The number of amides is 2. The van der Waals surface area contributed by atoms with Crippen molar-refractivity contribution in [3.8, 4) is 5.75 Å². The Morgan fingerprint density at radius 1 is 0.880 bits per heavy atom. The molecule has 2 saturated heterocycles. The standard InChI is InChI=1S/C19H27N3O3/c1-25-17-8-4-3-7-16(17)20-11-13-22(14-12-20)19(24)15-18(23)21-9-5-2-6-10-21/h3-4,7-8H,2,5-6,9-15H2,1H3. The van der Waals surface area contributed by atoms with Crippen LogP contribution in [-0.2, 0) is 9.59 Å². The Labute approximate surface area is 149 Å². The zero-order chi connectivity index (χ0) is 17.6. The number of carbonyl (C=O) groups excluding carboxylic acids is 2. The summed E-state index contributed by atoms with van der Waals surface area (Å²) < 4.78 is 5.42. The van der Waals surface area contributed by atoms with E-state index in [2.05, 4.69) is 4.90 Å². The van der Waals surface area contributed by atoms with E-state index < -0.39 is 0 Å². The van der Waals surface area contributed by atoms with Crippen LogP contribution in [0.3, 0.4) is 0 Å². The first-order valence-electron chi connectivity index (χ1n) is 9.12. The van der Waals surface area contributed by atoms with Crippen molar-refractivity contribution >= 4 is 17.5 Å². The van der Waals surface area contributed by atoms with Crippen molar-refractivity contribution in [1.82, 2.24) is 9.80 Å². The first kappa shape index (κ1) is 17.6. The number of piperazine rings is 1. The van der Waals surface area contributed by atoms with Crippen molar-refractivity contribution in [1.29, 1.82) is 0 Å². The molecule has 6 nitrogen and oxygen atoms in total. The average Bonchev–Trinajstić information content (AvgIpc) is 2.68. The van der Waals surface area contributed by atoms with E-state index in [1.807, 2.05) is 34.1 Å². The molecule has 3 rings (SSSR count). The lowest BCUT2D eigenvalue weighted by Crippen LogP contribution is -2.50. The maximum atomic E-state index is 12.5. The second-order valence-electron chi connectivity index (χ2n) is 6.66. The van der Waals surface area contributed by atoms with E-state index in [9.17, 15) is 9.59 Å². The fraction of sp³-hybridized carbons (Fsp3) is 0.579. The quantitative estimate of drug-likeness (QED) is 0.780. The summed E-state index contributed by atoms with van der Waals surface area (Å²) in [6.45, 7) is 4.39. The van der Waals surface area contributed by atoms with Crippen LogP contribution < -0.4 is 9.64 Å². The average molecular weight is 345 g/mol. The number of benzene rings is 1. The molecule has 2 fully saturated rings. The predicted octanol–water partition coefficient (Wildman–Crippen LogP) is 1.75. The SMILES string of the molecule is COc1ccccc1N1CCN(C(=O)CC(=O)N2CCCCC2)CC1. The number of para-hydroxylation sites is 2. The summed E-state index contributed by atoms with van der Waals surface area (Å²) in [5.41, 5.74) is 1.06. The Bertz CT molecular complexity index is 606. The first-order valence-corrected chi connectivity index (χ1v) is 9.12. The lowest BCUT2D eigenvalue weighted by atomic mass is 10.1. The van der Waals surface area contributed by atoms with E-state index in [1.54, 1.807) is 7.11 Å². The zero-order valence-electron chi connectivity index (χ0n) is 14.9. The van der Waals surface area contributed by atoms with Crippen molar-refractivity contribution < 1.29 is 14.3 Å². The van der Waals surface area contributed by atoms with E-state index in [-0.39, 0.29) is 18.2 Å². The molecular weight excluding hydrogens is 318 g/mol. The molecule has 0 aromatic heterocycles. The van der Waals surface area contributed by atoms with E-state index >= 15 is 0 Å². The van der Waals surface area contributed by atoms with Crippen LogP contribution in [-0.4, -0.2) is 68.0 Å². The predicted molar refractivity (Wildman–Crippen MR) is 96.8 cm³/mol. The van der Waals surface area contributed by atoms with E-state index in [1.165, 1.54) is 6.42 Å². The van der Waals surface area contributed by atoms with Gasteiger partial charge in [-0.25, -0.2) is 0 Å². The summed E-state index contributed by atoms with van der Waals surface area (Å²) in [5, 5.41) is 0. The number of piperidine rings is 1. The Balaban J connectivity index is 1.51. The summed E-state index contributed by atoms with van der Waals surface area (Å²) in [4.78, 5) is 30.6. The summed E-state index contributed by atoms with van der Waals surface area (Å²) in [6.07, 6.45) is 3.30. The number of ether oxygens (including phenoxy) is 1. The van der Waals surface area contributed by atoms with Crippen LogP contribution in [0.1, 0.15) is 25.7 Å². The number of likely N-dealkylation sites (tertiary alicyclic amines) is 1. The Morgan fingerprint density at radius 3 is 2.12 bits per heavy atom. The van der Waals surface area contributed by atoms with Crippen LogP contribution in [0.15, 0.2) is 24.3 Å². The van der Waals surface area contributed by atoms with Gasteiger partial charge >= 0.3 is 0 Å². The fourth-order valence-electron chi connectivity index (χ4n) is 3.58. The van der Waals surface area contributed by atoms with Gasteiger partial charge < -0.3 is 19.4 Å². The third-order valence-corrected chi connectivity index (χ3v) is 5.07. The van der Waals surface area contributed by atoms with Crippen LogP contribution in [0.4, 0.5) is 5.69 Å². The molecule has 1 aromatic rings. The molecule has 0 bridgehead atoms. The molecule has 25 heavy (non-hydrogen) atoms. The molecule has 0 saturated carbocycles. The second-order valence-corrected chi connectivity index (χ2v) is 6.66. The van der Waals surface area contributed by atoms with Crippen molar-refractivity contribution in [2.75, 3.05) is 51.3 Å². The van der Waals surface area contributed by atoms with Gasteiger partial charge in [0.05, 0.1) is 12.8 Å². The van der Waals surface area contributed by atoms with Crippen LogP contribution in [0, 0.1) is 0 Å². The first-order chi connectivity index (χ1) is 12.2. The third kappa shape index (κ3) is 4.24. The van der Waals surface area contributed by atoms with E-state index in [0.29, 0.717) is 13.1 Å². The van der Waals surface area contributed by atoms with Gasteiger partial charge in [-0.2, -0.15) is 0 Å².